The molecule has 1 saturated heterocycles. The fourth-order valence-electron chi connectivity index (χ4n) is 2.45. The van der Waals surface area contributed by atoms with Crippen LogP contribution in [0, 0.1) is 5.92 Å². The Kier molecular flexibility index (Phi) is 4.34. The van der Waals surface area contributed by atoms with Crippen molar-refractivity contribution in [3.63, 3.8) is 0 Å². The number of rotatable bonds is 2. The number of aromatic nitrogens is 2. The van der Waals surface area contributed by atoms with Crippen molar-refractivity contribution in [2.45, 2.75) is 46.0 Å². The van der Waals surface area contributed by atoms with Crippen molar-refractivity contribution in [1.82, 2.24) is 15.1 Å². The smallest absolute Gasteiger partial charge is 0.228 e. The highest BCUT2D eigenvalue weighted by Crippen LogP contribution is 2.23. The predicted octanol–water partition coefficient (Wildman–Crippen LogP) is 1.90. The van der Waals surface area contributed by atoms with Crippen LogP contribution in [-0.2, 0) is 15.0 Å². The van der Waals surface area contributed by atoms with E-state index in [2.05, 4.69) is 36.3 Å². The number of piperidine rings is 1. The van der Waals surface area contributed by atoms with Crippen LogP contribution < -0.4 is 5.32 Å². The fourth-order valence-corrected chi connectivity index (χ4v) is 2.45. The van der Waals surface area contributed by atoms with Gasteiger partial charge in [-0.05, 0) is 12.8 Å². The molecule has 2 rings (SSSR count). The summed E-state index contributed by atoms with van der Waals surface area (Å²) in [6, 6.07) is 1.88. The van der Waals surface area contributed by atoms with Crippen molar-refractivity contribution in [3.05, 3.63) is 11.8 Å². The number of amides is 2. The number of H-pyrrole nitrogens is 1. The molecule has 0 atom stereocenters. The molecule has 1 fully saturated rings. The summed E-state index contributed by atoms with van der Waals surface area (Å²) >= 11 is 0. The van der Waals surface area contributed by atoms with Gasteiger partial charge >= 0.3 is 0 Å². The Morgan fingerprint density at radius 3 is 2.43 bits per heavy atom. The van der Waals surface area contributed by atoms with Gasteiger partial charge in [-0.1, -0.05) is 20.8 Å². The molecule has 116 valence electrons. The summed E-state index contributed by atoms with van der Waals surface area (Å²) in [5.74, 6) is 0.593. The molecule has 1 aliphatic rings. The molecule has 1 aromatic heterocycles. The SMILES string of the molecule is CC(=O)N1CCC(C(=O)Nc2cc(C(C)(C)C)[nH]n2)CC1. The third-order valence-corrected chi connectivity index (χ3v) is 3.95. The molecule has 2 N–H and O–H groups in total. The first-order chi connectivity index (χ1) is 9.77. The molecule has 2 heterocycles. The predicted molar refractivity (Wildman–Crippen MR) is 80.9 cm³/mol. The summed E-state index contributed by atoms with van der Waals surface area (Å²) in [6.07, 6.45) is 1.42. The first-order valence-electron chi connectivity index (χ1n) is 7.39. The lowest BCUT2D eigenvalue weighted by atomic mass is 9.92. The lowest BCUT2D eigenvalue weighted by Gasteiger charge is -2.30. The van der Waals surface area contributed by atoms with Gasteiger partial charge in [0.25, 0.3) is 0 Å². The van der Waals surface area contributed by atoms with Crippen LogP contribution in [-0.4, -0.2) is 40.0 Å². The molecule has 0 saturated carbocycles. The third-order valence-electron chi connectivity index (χ3n) is 3.95. The molecule has 0 unspecified atom stereocenters. The average molecular weight is 292 g/mol. The van der Waals surface area contributed by atoms with Crippen molar-refractivity contribution in [3.8, 4) is 0 Å². The number of likely N-dealkylation sites (tertiary alicyclic amines) is 1. The minimum atomic E-state index is -0.0459. The normalized spacial score (nSPS) is 16.9. The van der Waals surface area contributed by atoms with E-state index in [9.17, 15) is 9.59 Å². The van der Waals surface area contributed by atoms with Crippen LogP contribution in [0.2, 0.25) is 0 Å². The molecule has 1 aliphatic heterocycles. The molecular formula is C15H24N4O2. The minimum absolute atomic E-state index is 0.00911. The van der Waals surface area contributed by atoms with Gasteiger partial charge in [-0.3, -0.25) is 14.7 Å². The quantitative estimate of drug-likeness (QED) is 0.874. The van der Waals surface area contributed by atoms with E-state index in [1.54, 1.807) is 11.8 Å². The highest BCUT2D eigenvalue weighted by atomic mass is 16.2. The first-order valence-corrected chi connectivity index (χ1v) is 7.39. The molecule has 2 amide bonds. The molecular weight excluding hydrogens is 268 g/mol. The molecule has 6 heteroatoms. The van der Waals surface area contributed by atoms with Gasteiger partial charge in [0.05, 0.1) is 0 Å². The topological polar surface area (TPSA) is 78.1 Å². The van der Waals surface area contributed by atoms with Gasteiger partial charge in [0.15, 0.2) is 5.82 Å². The van der Waals surface area contributed by atoms with Crippen LogP contribution in [0.5, 0.6) is 0 Å². The highest BCUT2D eigenvalue weighted by Gasteiger charge is 2.26. The van der Waals surface area contributed by atoms with Crippen molar-refractivity contribution >= 4 is 17.6 Å². The zero-order valence-corrected chi connectivity index (χ0v) is 13.2. The maximum Gasteiger partial charge on any atom is 0.228 e. The molecule has 0 aliphatic carbocycles. The zero-order valence-electron chi connectivity index (χ0n) is 13.2. The maximum atomic E-state index is 12.2. The molecule has 21 heavy (non-hydrogen) atoms. The second kappa shape index (κ2) is 5.87. The van der Waals surface area contributed by atoms with Crippen molar-refractivity contribution < 1.29 is 9.59 Å². The largest absolute Gasteiger partial charge is 0.343 e. The Hall–Kier alpha value is -1.85. The molecule has 1 aromatic rings. The maximum absolute atomic E-state index is 12.2. The summed E-state index contributed by atoms with van der Waals surface area (Å²) in [4.78, 5) is 25.3. The van der Waals surface area contributed by atoms with E-state index in [0.717, 1.165) is 5.69 Å². The van der Waals surface area contributed by atoms with E-state index >= 15 is 0 Å². The Morgan fingerprint density at radius 1 is 1.33 bits per heavy atom. The van der Waals surface area contributed by atoms with E-state index in [-0.39, 0.29) is 23.1 Å². The van der Waals surface area contributed by atoms with Gasteiger partial charge < -0.3 is 10.2 Å². The van der Waals surface area contributed by atoms with Gasteiger partial charge in [-0.15, -0.1) is 0 Å². The van der Waals surface area contributed by atoms with Crippen molar-refractivity contribution in [2.24, 2.45) is 5.92 Å². The lowest BCUT2D eigenvalue weighted by molar-refractivity contribution is -0.132. The van der Waals surface area contributed by atoms with Crippen LogP contribution in [0.1, 0.15) is 46.2 Å². The van der Waals surface area contributed by atoms with Crippen LogP contribution in [0.4, 0.5) is 5.82 Å². The first kappa shape index (κ1) is 15.5. The van der Waals surface area contributed by atoms with Gasteiger partial charge in [0.2, 0.25) is 11.8 Å². The van der Waals surface area contributed by atoms with E-state index < -0.39 is 0 Å². The Balaban J connectivity index is 1.91. The van der Waals surface area contributed by atoms with Crippen LogP contribution in [0.15, 0.2) is 6.07 Å². The molecule has 0 bridgehead atoms. The van der Waals surface area contributed by atoms with Gasteiger partial charge in [0.1, 0.15) is 0 Å². The second-order valence-corrected chi connectivity index (χ2v) is 6.69. The Morgan fingerprint density at radius 2 is 1.95 bits per heavy atom. The number of hydrogen-bond acceptors (Lipinski definition) is 3. The minimum Gasteiger partial charge on any atom is -0.343 e. The summed E-state index contributed by atoms with van der Waals surface area (Å²) in [6.45, 7) is 9.14. The molecule has 0 spiro atoms. The van der Waals surface area contributed by atoms with Crippen LogP contribution >= 0.6 is 0 Å². The molecule has 6 nitrogen and oxygen atoms in total. The summed E-state index contributed by atoms with van der Waals surface area (Å²) < 4.78 is 0. The van der Waals surface area contributed by atoms with E-state index in [0.29, 0.717) is 31.7 Å². The number of anilines is 1. The van der Waals surface area contributed by atoms with Crippen LogP contribution in [0.3, 0.4) is 0 Å². The number of carbonyl (C=O) groups is 2. The van der Waals surface area contributed by atoms with E-state index in [1.807, 2.05) is 6.07 Å². The number of carbonyl (C=O) groups excluding carboxylic acids is 2. The summed E-state index contributed by atoms with van der Waals surface area (Å²) in [5.41, 5.74) is 0.965. The molecule has 0 aromatic carbocycles. The third kappa shape index (κ3) is 3.83. The monoisotopic (exact) mass is 292 g/mol. The Labute approximate surface area is 125 Å². The lowest BCUT2D eigenvalue weighted by Crippen LogP contribution is -2.40. The van der Waals surface area contributed by atoms with E-state index in [1.165, 1.54) is 0 Å². The number of nitrogens with zero attached hydrogens (tertiary/aromatic N) is 2. The average Bonchev–Trinajstić information content (AvgIpc) is 2.87. The summed E-state index contributed by atoms with van der Waals surface area (Å²) in [5, 5.41) is 9.96. The molecule has 0 radical (unpaired) electrons. The van der Waals surface area contributed by atoms with Gasteiger partial charge in [-0.25, -0.2) is 0 Å². The fraction of sp³-hybridized carbons (Fsp3) is 0.667. The zero-order chi connectivity index (χ0) is 15.6. The standard InChI is InChI=1S/C15H24N4O2/c1-10(20)19-7-5-11(6-8-19)14(21)16-13-9-12(17-18-13)15(2,3)4/h9,11H,5-8H2,1-4H3,(H2,16,17,18,21). The van der Waals surface area contributed by atoms with Gasteiger partial charge in [0, 0.05) is 43.1 Å². The highest BCUT2D eigenvalue weighted by molar-refractivity contribution is 5.91. The second-order valence-electron chi connectivity index (χ2n) is 6.69. The van der Waals surface area contributed by atoms with Gasteiger partial charge in [-0.2, -0.15) is 5.10 Å². The van der Waals surface area contributed by atoms with Crippen LogP contribution in [0.25, 0.3) is 0 Å². The number of aromatic amines is 1. The Bertz CT molecular complexity index is 522. The van der Waals surface area contributed by atoms with E-state index in [4.69, 9.17) is 0 Å². The van der Waals surface area contributed by atoms with Crippen molar-refractivity contribution in [2.75, 3.05) is 18.4 Å². The van der Waals surface area contributed by atoms with Crippen molar-refractivity contribution in [1.29, 1.82) is 0 Å². The summed E-state index contributed by atoms with van der Waals surface area (Å²) in [7, 11) is 0. The number of nitrogens with one attached hydrogen (secondary N) is 2. The number of hydrogen-bond donors (Lipinski definition) is 2.